The third kappa shape index (κ3) is 3.67. The summed E-state index contributed by atoms with van der Waals surface area (Å²) in [6.07, 6.45) is 8.36. The summed E-state index contributed by atoms with van der Waals surface area (Å²) in [6.45, 7) is 1.85. The molecule has 0 amide bonds. The molecule has 2 aromatic rings. The molecule has 1 saturated carbocycles. The van der Waals surface area contributed by atoms with Crippen LogP contribution in [-0.4, -0.2) is 46.0 Å². The van der Waals surface area contributed by atoms with Crippen molar-refractivity contribution in [3.8, 4) is 0 Å². The molecule has 1 aliphatic heterocycles. The van der Waals surface area contributed by atoms with Crippen LogP contribution in [0.1, 0.15) is 43.0 Å². The first-order valence-electron chi connectivity index (χ1n) is 9.18. The number of rotatable bonds is 5. The molecule has 138 valence electrons. The predicted octanol–water partition coefficient (Wildman–Crippen LogP) is 3.13. The zero-order valence-electron chi connectivity index (χ0n) is 14.9. The number of aromatic nitrogens is 3. The number of nitrogens with zero attached hydrogens (tertiary/aromatic N) is 5. The quantitative estimate of drug-likeness (QED) is 0.821. The van der Waals surface area contributed by atoms with Gasteiger partial charge in [-0.25, -0.2) is 18.7 Å². The van der Waals surface area contributed by atoms with Crippen molar-refractivity contribution in [2.45, 2.75) is 44.2 Å². The van der Waals surface area contributed by atoms with Gasteiger partial charge in [-0.2, -0.15) is 0 Å². The SMILES string of the molecule is CN(c1ccnc(C2CC2)n1)C1CCCN(Cc2c(F)cncc2F)C1. The van der Waals surface area contributed by atoms with Crippen molar-refractivity contribution in [2.24, 2.45) is 0 Å². The zero-order chi connectivity index (χ0) is 18.1. The molecule has 0 N–H and O–H groups in total. The Balaban J connectivity index is 1.45. The van der Waals surface area contributed by atoms with Crippen LogP contribution < -0.4 is 4.90 Å². The number of anilines is 1. The van der Waals surface area contributed by atoms with Crippen LogP contribution in [0.3, 0.4) is 0 Å². The third-order valence-corrected chi connectivity index (χ3v) is 5.33. The van der Waals surface area contributed by atoms with Gasteiger partial charge in [0.15, 0.2) is 0 Å². The van der Waals surface area contributed by atoms with E-state index in [2.05, 4.69) is 19.8 Å². The second-order valence-electron chi connectivity index (χ2n) is 7.27. The van der Waals surface area contributed by atoms with Crippen molar-refractivity contribution >= 4 is 5.82 Å². The average molecular weight is 359 g/mol. The summed E-state index contributed by atoms with van der Waals surface area (Å²) in [4.78, 5) is 16.9. The summed E-state index contributed by atoms with van der Waals surface area (Å²) >= 11 is 0. The minimum atomic E-state index is -0.578. The highest BCUT2D eigenvalue weighted by atomic mass is 19.1. The fourth-order valence-electron chi connectivity index (χ4n) is 3.59. The van der Waals surface area contributed by atoms with Gasteiger partial charge in [-0.3, -0.25) is 9.88 Å². The summed E-state index contributed by atoms with van der Waals surface area (Å²) in [6, 6.07) is 2.20. The van der Waals surface area contributed by atoms with Crippen LogP contribution in [0.4, 0.5) is 14.6 Å². The van der Waals surface area contributed by atoms with Crippen LogP contribution >= 0.6 is 0 Å². The van der Waals surface area contributed by atoms with E-state index in [9.17, 15) is 8.78 Å². The van der Waals surface area contributed by atoms with Crippen molar-refractivity contribution in [3.05, 3.63) is 47.7 Å². The third-order valence-electron chi connectivity index (χ3n) is 5.33. The monoisotopic (exact) mass is 359 g/mol. The van der Waals surface area contributed by atoms with Crippen LogP contribution in [0.2, 0.25) is 0 Å². The number of hydrogen-bond acceptors (Lipinski definition) is 5. The smallest absolute Gasteiger partial charge is 0.148 e. The molecule has 1 saturated heterocycles. The Kier molecular flexibility index (Phi) is 4.80. The Morgan fingerprint density at radius 2 is 1.96 bits per heavy atom. The lowest BCUT2D eigenvalue weighted by atomic mass is 10.0. The van der Waals surface area contributed by atoms with E-state index in [1.807, 2.05) is 19.3 Å². The number of likely N-dealkylation sites (tertiary alicyclic amines) is 1. The zero-order valence-corrected chi connectivity index (χ0v) is 14.9. The molecule has 4 rings (SSSR count). The maximum atomic E-state index is 13.9. The maximum Gasteiger partial charge on any atom is 0.148 e. The summed E-state index contributed by atoms with van der Waals surface area (Å²) in [7, 11) is 2.04. The lowest BCUT2D eigenvalue weighted by Crippen LogP contribution is -2.46. The van der Waals surface area contributed by atoms with Crippen LogP contribution in [0, 0.1) is 11.6 Å². The normalized spacial score (nSPS) is 21.0. The minimum absolute atomic E-state index is 0.0985. The van der Waals surface area contributed by atoms with Gasteiger partial charge in [0, 0.05) is 43.9 Å². The second kappa shape index (κ2) is 7.23. The highest BCUT2D eigenvalue weighted by Crippen LogP contribution is 2.38. The number of pyridine rings is 1. The number of halogens is 2. The highest BCUT2D eigenvalue weighted by molar-refractivity contribution is 5.38. The number of hydrogen-bond donors (Lipinski definition) is 0. The van der Waals surface area contributed by atoms with Crippen molar-refractivity contribution < 1.29 is 8.78 Å². The van der Waals surface area contributed by atoms with Gasteiger partial charge in [-0.15, -0.1) is 0 Å². The van der Waals surface area contributed by atoms with Crippen LogP contribution in [0.25, 0.3) is 0 Å². The van der Waals surface area contributed by atoms with Gasteiger partial charge in [-0.1, -0.05) is 0 Å². The lowest BCUT2D eigenvalue weighted by molar-refractivity contribution is 0.193. The van der Waals surface area contributed by atoms with Crippen molar-refractivity contribution in [2.75, 3.05) is 25.0 Å². The number of likely N-dealkylation sites (N-methyl/N-ethyl adjacent to an activating group) is 1. The Bertz CT molecular complexity index is 760. The molecular formula is C19H23F2N5. The molecule has 3 heterocycles. The van der Waals surface area contributed by atoms with E-state index in [0.717, 1.165) is 50.0 Å². The first-order chi connectivity index (χ1) is 12.6. The fourth-order valence-corrected chi connectivity index (χ4v) is 3.59. The van der Waals surface area contributed by atoms with Gasteiger partial charge in [0.2, 0.25) is 0 Å². The van der Waals surface area contributed by atoms with Gasteiger partial charge in [0.25, 0.3) is 0 Å². The van der Waals surface area contributed by atoms with Crippen LogP contribution in [0.15, 0.2) is 24.7 Å². The second-order valence-corrected chi connectivity index (χ2v) is 7.27. The Labute approximate surface area is 152 Å². The summed E-state index contributed by atoms with van der Waals surface area (Å²) in [5, 5.41) is 0. The average Bonchev–Trinajstić information content (AvgIpc) is 3.50. The Hall–Kier alpha value is -2.15. The summed E-state index contributed by atoms with van der Waals surface area (Å²) in [5.41, 5.74) is 0.0985. The molecule has 26 heavy (non-hydrogen) atoms. The fraction of sp³-hybridized carbons (Fsp3) is 0.526. The van der Waals surface area contributed by atoms with E-state index in [-0.39, 0.29) is 18.2 Å². The van der Waals surface area contributed by atoms with E-state index in [0.29, 0.717) is 5.92 Å². The van der Waals surface area contributed by atoms with E-state index in [1.54, 1.807) is 0 Å². The molecule has 2 aliphatic rings. The van der Waals surface area contributed by atoms with Gasteiger partial charge < -0.3 is 4.90 Å². The molecule has 0 aromatic carbocycles. The Morgan fingerprint density at radius 1 is 1.19 bits per heavy atom. The van der Waals surface area contributed by atoms with Crippen molar-refractivity contribution in [3.63, 3.8) is 0 Å². The van der Waals surface area contributed by atoms with E-state index in [1.165, 1.54) is 12.8 Å². The minimum Gasteiger partial charge on any atom is -0.355 e. The molecule has 1 unspecified atom stereocenters. The largest absolute Gasteiger partial charge is 0.355 e. The summed E-state index contributed by atoms with van der Waals surface area (Å²) < 4.78 is 27.8. The standard InChI is InChI=1S/C19H23F2N5/c1-25(18-6-7-23-19(24-18)13-4-5-13)14-3-2-8-26(11-14)12-15-16(20)9-22-10-17(15)21/h6-7,9-10,13-14H,2-5,8,11-12H2,1H3. The van der Waals surface area contributed by atoms with Crippen molar-refractivity contribution in [1.29, 1.82) is 0 Å². The highest BCUT2D eigenvalue weighted by Gasteiger charge is 2.29. The Morgan fingerprint density at radius 3 is 2.69 bits per heavy atom. The molecule has 1 atom stereocenters. The summed E-state index contributed by atoms with van der Waals surface area (Å²) in [5.74, 6) is 1.22. The molecule has 5 nitrogen and oxygen atoms in total. The van der Waals surface area contributed by atoms with Gasteiger partial charge in [0.05, 0.1) is 12.4 Å². The van der Waals surface area contributed by atoms with Crippen LogP contribution in [-0.2, 0) is 6.54 Å². The molecule has 7 heteroatoms. The molecule has 0 bridgehead atoms. The molecule has 1 aliphatic carbocycles. The first-order valence-corrected chi connectivity index (χ1v) is 9.18. The topological polar surface area (TPSA) is 45.2 Å². The van der Waals surface area contributed by atoms with E-state index in [4.69, 9.17) is 4.98 Å². The van der Waals surface area contributed by atoms with Gasteiger partial charge in [-0.05, 0) is 38.3 Å². The van der Waals surface area contributed by atoms with E-state index < -0.39 is 11.6 Å². The molecule has 0 spiro atoms. The first kappa shape index (κ1) is 17.3. The molecular weight excluding hydrogens is 336 g/mol. The van der Waals surface area contributed by atoms with E-state index >= 15 is 0 Å². The van der Waals surface area contributed by atoms with Gasteiger partial charge >= 0.3 is 0 Å². The number of piperidine rings is 1. The van der Waals surface area contributed by atoms with Gasteiger partial charge in [0.1, 0.15) is 23.3 Å². The molecule has 2 fully saturated rings. The van der Waals surface area contributed by atoms with Crippen molar-refractivity contribution in [1.82, 2.24) is 19.9 Å². The molecule has 2 aromatic heterocycles. The maximum absolute atomic E-state index is 13.9. The van der Waals surface area contributed by atoms with Crippen LogP contribution in [0.5, 0.6) is 0 Å². The predicted molar refractivity (Wildman–Crippen MR) is 94.9 cm³/mol. The molecule has 0 radical (unpaired) electrons. The lowest BCUT2D eigenvalue weighted by Gasteiger charge is -2.38.